The Bertz CT molecular complexity index is 1960. The molecule has 0 atom stereocenters. The molecule has 1 amide bonds. The topological polar surface area (TPSA) is 115 Å². The van der Waals surface area contributed by atoms with Crippen molar-refractivity contribution in [2.75, 3.05) is 12.0 Å². The number of benzene rings is 4. The number of carbonyl (C=O) groups excluding carboxylic acids is 1. The Hall–Kier alpha value is -5.70. The molecule has 5 aromatic rings. The molecule has 9 heteroatoms. The van der Waals surface area contributed by atoms with Gasteiger partial charge in [-0.3, -0.25) is 24.3 Å². The third-order valence-corrected chi connectivity index (χ3v) is 7.82. The molecule has 1 aromatic heterocycles. The van der Waals surface area contributed by atoms with Crippen molar-refractivity contribution >= 4 is 17.3 Å². The maximum atomic E-state index is 14.7. The molecule has 43 heavy (non-hydrogen) atoms. The molecular weight excluding hydrogens is 546 g/mol. The van der Waals surface area contributed by atoms with Gasteiger partial charge in [0, 0.05) is 34.5 Å². The smallest absolute Gasteiger partial charge is 0.276 e. The summed E-state index contributed by atoms with van der Waals surface area (Å²) in [5, 5.41) is 22.5. The number of para-hydroxylation sites is 2. The second-order valence-electron chi connectivity index (χ2n) is 10.4. The Kier molecular flexibility index (Phi) is 6.78. The molecule has 0 saturated heterocycles. The van der Waals surface area contributed by atoms with Gasteiger partial charge in [-0.05, 0) is 73.0 Å². The molecule has 0 radical (unpaired) electrons. The second-order valence-corrected chi connectivity index (χ2v) is 10.4. The summed E-state index contributed by atoms with van der Waals surface area (Å²) in [6.07, 6.45) is 0. The summed E-state index contributed by atoms with van der Waals surface area (Å²) in [7, 11) is 1.54. The lowest BCUT2D eigenvalue weighted by Gasteiger charge is -2.21. The van der Waals surface area contributed by atoms with Gasteiger partial charge in [0.2, 0.25) is 0 Å². The zero-order valence-electron chi connectivity index (χ0n) is 23.7. The number of anilines is 1. The third-order valence-electron chi connectivity index (χ3n) is 7.82. The van der Waals surface area contributed by atoms with Crippen LogP contribution >= 0.6 is 0 Å². The highest BCUT2D eigenvalue weighted by Crippen LogP contribution is 2.44. The first-order chi connectivity index (χ1) is 20.7. The number of amides is 1. The Balaban J connectivity index is 1.74. The van der Waals surface area contributed by atoms with Gasteiger partial charge in [0.05, 0.1) is 29.8 Å². The Morgan fingerprint density at radius 3 is 2.09 bits per heavy atom. The number of hydrogen-bond acceptors (Lipinski definition) is 6. The minimum absolute atomic E-state index is 0.0626. The van der Waals surface area contributed by atoms with E-state index in [0.717, 1.165) is 16.8 Å². The summed E-state index contributed by atoms with van der Waals surface area (Å²) in [5.41, 5.74) is 4.51. The van der Waals surface area contributed by atoms with Gasteiger partial charge in [0.15, 0.2) is 0 Å². The van der Waals surface area contributed by atoms with Crippen molar-refractivity contribution < 1.29 is 19.6 Å². The number of methoxy groups -OCH3 is 1. The lowest BCUT2D eigenvalue weighted by molar-refractivity contribution is -0.384. The van der Waals surface area contributed by atoms with E-state index in [0.29, 0.717) is 33.7 Å². The number of nitrogens with zero attached hydrogens (tertiary/aromatic N) is 3. The van der Waals surface area contributed by atoms with E-state index < -0.39 is 10.5 Å². The fourth-order valence-corrected chi connectivity index (χ4v) is 5.85. The number of aromatic nitrogens is 1. The first kappa shape index (κ1) is 27.5. The van der Waals surface area contributed by atoms with Crippen molar-refractivity contribution in [1.29, 1.82) is 0 Å². The zero-order valence-corrected chi connectivity index (χ0v) is 23.7. The minimum atomic E-state index is -0.507. The highest BCUT2D eigenvalue weighted by molar-refractivity contribution is 6.12. The number of phenols is 1. The van der Waals surface area contributed by atoms with E-state index in [1.807, 2.05) is 32.0 Å². The Labute approximate surface area is 247 Å². The Morgan fingerprint density at radius 2 is 1.49 bits per heavy atom. The third kappa shape index (κ3) is 4.51. The van der Waals surface area contributed by atoms with E-state index in [2.05, 4.69) is 0 Å². The summed E-state index contributed by atoms with van der Waals surface area (Å²) in [4.78, 5) is 41.7. The van der Waals surface area contributed by atoms with Crippen molar-refractivity contribution in [3.8, 4) is 39.4 Å². The van der Waals surface area contributed by atoms with Crippen LogP contribution in [0, 0.1) is 24.0 Å². The van der Waals surface area contributed by atoms with Crippen molar-refractivity contribution in [3.05, 3.63) is 134 Å². The van der Waals surface area contributed by atoms with Crippen LogP contribution in [-0.2, 0) is 6.54 Å². The second kappa shape index (κ2) is 10.6. The van der Waals surface area contributed by atoms with Crippen LogP contribution in [0.3, 0.4) is 0 Å². The number of nitro groups is 1. The van der Waals surface area contributed by atoms with E-state index in [9.17, 15) is 24.8 Å². The van der Waals surface area contributed by atoms with E-state index in [-0.39, 0.29) is 35.1 Å². The number of non-ortho nitro benzene ring substituents is 1. The molecule has 0 spiro atoms. The lowest BCUT2D eigenvalue weighted by atomic mass is 9.90. The van der Waals surface area contributed by atoms with Gasteiger partial charge in [-0.15, -0.1) is 0 Å². The monoisotopic (exact) mass is 573 g/mol. The van der Waals surface area contributed by atoms with Gasteiger partial charge in [0.25, 0.3) is 17.2 Å². The van der Waals surface area contributed by atoms with E-state index in [1.54, 1.807) is 54.5 Å². The molecule has 2 heterocycles. The average Bonchev–Trinajstić information content (AvgIpc) is 3.33. The molecule has 1 aliphatic heterocycles. The van der Waals surface area contributed by atoms with Crippen LogP contribution in [0.25, 0.3) is 27.9 Å². The highest BCUT2D eigenvalue weighted by Gasteiger charge is 2.38. The van der Waals surface area contributed by atoms with Gasteiger partial charge in [-0.1, -0.05) is 36.4 Å². The number of pyridine rings is 1. The van der Waals surface area contributed by atoms with E-state index in [1.165, 1.54) is 34.9 Å². The SMILES string of the molecule is COc1ccc(-n2c3c(c(-c4ccccc4O)c(-c4ccc([N+](=O)[O-])cc4)c2=O)CN(c2c(C)cccc2C)C3=O)cc1. The fraction of sp³-hybridized carbons (Fsp3) is 0.118. The summed E-state index contributed by atoms with van der Waals surface area (Å²) >= 11 is 0. The number of carbonyl (C=O) groups is 1. The average molecular weight is 574 g/mol. The summed E-state index contributed by atoms with van der Waals surface area (Å²) in [6, 6.07) is 25.0. The highest BCUT2D eigenvalue weighted by atomic mass is 16.6. The standard InChI is InChI=1S/C34H27N3O6/c1-20-7-6-8-21(2)31(20)35-19-27-30(26-9-4-5-10-28(26)38)29(22-11-13-24(14-12-22)37(41)42)33(39)36(32(27)34(35)40)23-15-17-25(43-3)18-16-23/h4-18,38H,19H2,1-3H3. The summed E-state index contributed by atoms with van der Waals surface area (Å²) in [5.74, 6) is 0.165. The molecule has 4 aromatic carbocycles. The molecule has 0 unspecified atom stereocenters. The molecule has 214 valence electrons. The molecule has 9 nitrogen and oxygen atoms in total. The molecule has 0 bridgehead atoms. The van der Waals surface area contributed by atoms with Crippen molar-refractivity contribution in [3.63, 3.8) is 0 Å². The first-order valence-electron chi connectivity index (χ1n) is 13.6. The Morgan fingerprint density at radius 1 is 0.837 bits per heavy atom. The molecule has 1 N–H and O–H groups in total. The number of rotatable bonds is 6. The summed E-state index contributed by atoms with van der Waals surface area (Å²) < 4.78 is 6.71. The van der Waals surface area contributed by atoms with Crippen LogP contribution in [0.1, 0.15) is 27.2 Å². The molecule has 0 aliphatic carbocycles. The van der Waals surface area contributed by atoms with Crippen molar-refractivity contribution in [2.45, 2.75) is 20.4 Å². The van der Waals surface area contributed by atoms with Crippen LogP contribution in [0.2, 0.25) is 0 Å². The molecular formula is C34H27N3O6. The number of hydrogen-bond donors (Lipinski definition) is 1. The number of aryl methyl sites for hydroxylation is 2. The number of phenolic OH excluding ortho intramolecular Hbond substituents is 1. The van der Waals surface area contributed by atoms with E-state index >= 15 is 0 Å². The molecule has 1 aliphatic rings. The molecule has 6 rings (SSSR count). The van der Waals surface area contributed by atoms with Gasteiger partial charge < -0.3 is 14.7 Å². The zero-order chi connectivity index (χ0) is 30.4. The van der Waals surface area contributed by atoms with Crippen LogP contribution in [0.5, 0.6) is 11.5 Å². The van der Waals surface area contributed by atoms with Gasteiger partial charge in [0.1, 0.15) is 17.2 Å². The van der Waals surface area contributed by atoms with Gasteiger partial charge >= 0.3 is 0 Å². The number of ether oxygens (including phenoxy) is 1. The normalized spacial score (nSPS) is 12.3. The van der Waals surface area contributed by atoms with Crippen molar-refractivity contribution in [2.24, 2.45) is 0 Å². The maximum absolute atomic E-state index is 14.7. The number of nitro benzene ring substituents is 1. The first-order valence-corrected chi connectivity index (χ1v) is 13.6. The molecule has 0 fully saturated rings. The van der Waals surface area contributed by atoms with Crippen LogP contribution in [-0.4, -0.2) is 27.6 Å². The van der Waals surface area contributed by atoms with E-state index in [4.69, 9.17) is 4.74 Å². The van der Waals surface area contributed by atoms with Crippen LogP contribution < -0.4 is 15.2 Å². The van der Waals surface area contributed by atoms with Crippen LogP contribution in [0.15, 0.2) is 95.8 Å². The summed E-state index contributed by atoms with van der Waals surface area (Å²) in [6.45, 7) is 4.00. The number of fused-ring (bicyclic) bond motifs is 1. The largest absolute Gasteiger partial charge is 0.507 e. The van der Waals surface area contributed by atoms with Crippen molar-refractivity contribution in [1.82, 2.24) is 4.57 Å². The van der Waals surface area contributed by atoms with Gasteiger partial charge in [-0.25, -0.2) is 0 Å². The lowest BCUT2D eigenvalue weighted by Crippen LogP contribution is -2.30. The van der Waals surface area contributed by atoms with Crippen LogP contribution in [0.4, 0.5) is 11.4 Å². The number of aromatic hydroxyl groups is 1. The maximum Gasteiger partial charge on any atom is 0.276 e. The fourth-order valence-electron chi connectivity index (χ4n) is 5.85. The quantitative estimate of drug-likeness (QED) is 0.181. The minimum Gasteiger partial charge on any atom is -0.507 e. The predicted molar refractivity (Wildman–Crippen MR) is 164 cm³/mol. The predicted octanol–water partition coefficient (Wildman–Crippen LogP) is 6.57. The molecule has 0 saturated carbocycles. The van der Waals surface area contributed by atoms with Gasteiger partial charge in [-0.2, -0.15) is 0 Å².